The summed E-state index contributed by atoms with van der Waals surface area (Å²) >= 11 is 0. The molecule has 1 amide bonds. The number of amides is 1. The van der Waals surface area contributed by atoms with Gasteiger partial charge < -0.3 is 4.90 Å². The highest BCUT2D eigenvalue weighted by Gasteiger charge is 2.49. The highest BCUT2D eigenvalue weighted by Crippen LogP contribution is 2.54. The lowest BCUT2D eigenvalue weighted by Gasteiger charge is -2.37. The van der Waals surface area contributed by atoms with Gasteiger partial charge in [0.2, 0.25) is 5.91 Å². The molecule has 16 heavy (non-hydrogen) atoms. The van der Waals surface area contributed by atoms with Gasteiger partial charge in [0.1, 0.15) is 0 Å². The van der Waals surface area contributed by atoms with Crippen LogP contribution in [0.15, 0.2) is 12.7 Å². The van der Waals surface area contributed by atoms with Crippen LogP contribution in [0.3, 0.4) is 0 Å². The smallest absolute Gasteiger partial charge is 0.226 e. The Balaban J connectivity index is 2.02. The van der Waals surface area contributed by atoms with Crippen LogP contribution in [-0.4, -0.2) is 22.9 Å². The fraction of sp³-hybridized carbons (Fsp3) is 0.786. The molecule has 0 N–H and O–H groups in total. The summed E-state index contributed by atoms with van der Waals surface area (Å²) in [5, 5.41) is 0. The molecule has 90 valence electrons. The minimum atomic E-state index is -0.0853. The van der Waals surface area contributed by atoms with E-state index in [2.05, 4.69) is 27.4 Å². The largest absolute Gasteiger partial charge is 0.334 e. The number of hydrogen-bond acceptors (Lipinski definition) is 1. The zero-order chi connectivity index (χ0) is 11.9. The Labute approximate surface area is 98.7 Å². The average Bonchev–Trinajstić information content (AvgIpc) is 2.80. The van der Waals surface area contributed by atoms with E-state index in [0.29, 0.717) is 18.4 Å². The van der Waals surface area contributed by atoms with Crippen LogP contribution in [-0.2, 0) is 4.79 Å². The molecule has 0 heterocycles. The minimum absolute atomic E-state index is 0.0853. The molecule has 2 aliphatic carbocycles. The first kappa shape index (κ1) is 11.7. The van der Waals surface area contributed by atoms with E-state index in [9.17, 15) is 4.79 Å². The van der Waals surface area contributed by atoms with E-state index in [1.54, 1.807) is 0 Å². The Bertz CT molecular complexity index is 292. The number of carbonyl (C=O) groups excluding carboxylic acids is 1. The van der Waals surface area contributed by atoms with Crippen molar-refractivity contribution in [2.24, 2.45) is 17.8 Å². The first-order chi connectivity index (χ1) is 7.43. The summed E-state index contributed by atoms with van der Waals surface area (Å²) in [4.78, 5) is 14.4. The maximum absolute atomic E-state index is 12.4. The molecule has 0 bridgehead atoms. The standard InChI is InChI=1S/C14H23NO/c1-5-6-15(14(2,3)4)13(16)12-8-10-7-11(10)9-12/h5,10-12H,1,6-9H2,2-4H3. The van der Waals surface area contributed by atoms with Crippen molar-refractivity contribution in [1.29, 1.82) is 0 Å². The highest BCUT2D eigenvalue weighted by atomic mass is 16.2. The third-order valence-electron chi connectivity index (χ3n) is 3.98. The molecule has 2 fully saturated rings. The van der Waals surface area contributed by atoms with E-state index < -0.39 is 0 Å². The fourth-order valence-corrected chi connectivity index (χ4v) is 2.96. The molecule has 0 aromatic heterocycles. The van der Waals surface area contributed by atoms with Gasteiger partial charge in [0.05, 0.1) is 0 Å². The Morgan fingerprint density at radius 1 is 1.31 bits per heavy atom. The van der Waals surface area contributed by atoms with Crippen molar-refractivity contribution >= 4 is 5.91 Å². The number of hydrogen-bond donors (Lipinski definition) is 0. The molecular formula is C14H23NO. The summed E-state index contributed by atoms with van der Waals surface area (Å²) in [7, 11) is 0. The van der Waals surface area contributed by atoms with Crippen LogP contribution in [0.1, 0.15) is 40.0 Å². The first-order valence-electron chi connectivity index (χ1n) is 6.36. The Kier molecular flexibility index (Phi) is 2.85. The van der Waals surface area contributed by atoms with Crippen LogP contribution in [0.25, 0.3) is 0 Å². The third-order valence-corrected chi connectivity index (χ3v) is 3.98. The number of carbonyl (C=O) groups is 1. The van der Waals surface area contributed by atoms with Gasteiger partial charge in [0.15, 0.2) is 0 Å². The first-order valence-corrected chi connectivity index (χ1v) is 6.36. The van der Waals surface area contributed by atoms with Crippen molar-refractivity contribution in [3.05, 3.63) is 12.7 Å². The van der Waals surface area contributed by atoms with Gasteiger partial charge in [-0.25, -0.2) is 0 Å². The van der Waals surface area contributed by atoms with Crippen LogP contribution in [0.2, 0.25) is 0 Å². The van der Waals surface area contributed by atoms with Crippen molar-refractivity contribution in [1.82, 2.24) is 4.90 Å². The van der Waals surface area contributed by atoms with Gasteiger partial charge in [-0.15, -0.1) is 6.58 Å². The molecule has 0 radical (unpaired) electrons. The van der Waals surface area contributed by atoms with Crippen LogP contribution in [0.4, 0.5) is 0 Å². The summed E-state index contributed by atoms with van der Waals surface area (Å²) in [5.74, 6) is 2.39. The molecule has 0 saturated heterocycles. The van der Waals surface area contributed by atoms with Crippen LogP contribution in [0, 0.1) is 17.8 Å². The van der Waals surface area contributed by atoms with Gasteiger partial charge in [-0.3, -0.25) is 4.79 Å². The maximum Gasteiger partial charge on any atom is 0.226 e. The lowest BCUT2D eigenvalue weighted by atomic mass is 9.97. The van der Waals surface area contributed by atoms with Crippen molar-refractivity contribution in [2.45, 2.75) is 45.6 Å². The van der Waals surface area contributed by atoms with Crippen molar-refractivity contribution in [2.75, 3.05) is 6.54 Å². The summed E-state index contributed by atoms with van der Waals surface area (Å²) in [5.41, 5.74) is -0.0853. The quantitative estimate of drug-likeness (QED) is 0.671. The van der Waals surface area contributed by atoms with E-state index in [1.807, 2.05) is 11.0 Å². The van der Waals surface area contributed by atoms with Gasteiger partial charge >= 0.3 is 0 Å². The zero-order valence-electron chi connectivity index (χ0n) is 10.7. The van der Waals surface area contributed by atoms with E-state index in [-0.39, 0.29) is 5.54 Å². The topological polar surface area (TPSA) is 20.3 Å². The summed E-state index contributed by atoms with van der Waals surface area (Å²) in [6, 6.07) is 0. The third kappa shape index (κ3) is 2.16. The zero-order valence-corrected chi connectivity index (χ0v) is 10.7. The molecule has 2 aliphatic rings. The highest BCUT2D eigenvalue weighted by molar-refractivity contribution is 5.80. The Morgan fingerprint density at radius 2 is 1.88 bits per heavy atom. The number of rotatable bonds is 3. The lowest BCUT2D eigenvalue weighted by molar-refractivity contribution is -0.139. The molecule has 0 aliphatic heterocycles. The van der Waals surface area contributed by atoms with Crippen molar-refractivity contribution in [3.63, 3.8) is 0 Å². The molecule has 2 rings (SSSR count). The Morgan fingerprint density at radius 3 is 2.31 bits per heavy atom. The molecule has 2 heteroatoms. The molecule has 2 nitrogen and oxygen atoms in total. The van der Waals surface area contributed by atoms with E-state index in [0.717, 1.165) is 24.7 Å². The van der Waals surface area contributed by atoms with Crippen LogP contribution >= 0.6 is 0 Å². The predicted octanol–water partition coefficient (Wildman–Crippen LogP) is 2.85. The predicted molar refractivity (Wildman–Crippen MR) is 66.0 cm³/mol. The van der Waals surface area contributed by atoms with Crippen LogP contribution < -0.4 is 0 Å². The summed E-state index contributed by atoms with van der Waals surface area (Å²) < 4.78 is 0. The van der Waals surface area contributed by atoms with E-state index in [4.69, 9.17) is 0 Å². The van der Waals surface area contributed by atoms with Crippen LogP contribution in [0.5, 0.6) is 0 Å². The molecule has 0 aromatic carbocycles. The van der Waals surface area contributed by atoms with E-state index in [1.165, 1.54) is 6.42 Å². The maximum atomic E-state index is 12.4. The van der Waals surface area contributed by atoms with E-state index >= 15 is 0 Å². The molecule has 0 aromatic rings. The normalized spacial score (nSPS) is 32.1. The molecule has 0 spiro atoms. The van der Waals surface area contributed by atoms with Gasteiger partial charge in [0, 0.05) is 18.0 Å². The number of nitrogens with zero attached hydrogens (tertiary/aromatic N) is 1. The molecule has 2 atom stereocenters. The lowest BCUT2D eigenvalue weighted by Crippen LogP contribution is -2.48. The van der Waals surface area contributed by atoms with Gasteiger partial charge in [-0.1, -0.05) is 6.08 Å². The molecule has 2 unspecified atom stereocenters. The minimum Gasteiger partial charge on any atom is -0.334 e. The summed E-state index contributed by atoms with van der Waals surface area (Å²) in [6.07, 6.45) is 5.47. The van der Waals surface area contributed by atoms with Gasteiger partial charge in [0.25, 0.3) is 0 Å². The van der Waals surface area contributed by atoms with Crippen molar-refractivity contribution in [3.8, 4) is 0 Å². The second-order valence-electron chi connectivity index (χ2n) is 6.33. The monoisotopic (exact) mass is 221 g/mol. The summed E-state index contributed by atoms with van der Waals surface area (Å²) in [6.45, 7) is 10.7. The SMILES string of the molecule is C=CCN(C(=O)C1CC2CC2C1)C(C)(C)C. The fourth-order valence-electron chi connectivity index (χ4n) is 2.96. The second-order valence-corrected chi connectivity index (χ2v) is 6.33. The second kappa shape index (κ2) is 3.90. The molecule has 2 saturated carbocycles. The Hall–Kier alpha value is -0.790. The average molecular weight is 221 g/mol. The molecular weight excluding hydrogens is 198 g/mol. The van der Waals surface area contributed by atoms with Crippen molar-refractivity contribution < 1.29 is 4.79 Å². The van der Waals surface area contributed by atoms with Gasteiger partial charge in [-0.05, 0) is 51.9 Å². The number of fused-ring (bicyclic) bond motifs is 1. The van der Waals surface area contributed by atoms with Gasteiger partial charge in [-0.2, -0.15) is 0 Å².